The summed E-state index contributed by atoms with van der Waals surface area (Å²) in [5, 5.41) is 9.79. The van der Waals surface area contributed by atoms with E-state index in [2.05, 4.69) is 4.72 Å². The SMILES string of the molecule is COCC1(S(=O)(=O)N[C@@H]2CCCC[C@@H]2O)CC1. The van der Waals surface area contributed by atoms with E-state index >= 15 is 0 Å². The number of sulfonamides is 1. The number of aliphatic hydroxyl groups is 1. The van der Waals surface area contributed by atoms with E-state index in [0.29, 0.717) is 19.3 Å². The van der Waals surface area contributed by atoms with Crippen molar-refractivity contribution >= 4 is 10.0 Å². The van der Waals surface area contributed by atoms with Crippen LogP contribution in [-0.4, -0.2) is 44.1 Å². The van der Waals surface area contributed by atoms with Gasteiger partial charge in [-0.15, -0.1) is 0 Å². The Kier molecular flexibility index (Phi) is 3.77. The average Bonchev–Trinajstić information content (AvgIpc) is 3.03. The van der Waals surface area contributed by atoms with E-state index in [9.17, 15) is 13.5 Å². The van der Waals surface area contributed by atoms with E-state index < -0.39 is 20.9 Å². The highest BCUT2D eigenvalue weighted by atomic mass is 32.2. The Hall–Kier alpha value is -0.170. The second kappa shape index (κ2) is 4.84. The summed E-state index contributed by atoms with van der Waals surface area (Å²) in [4.78, 5) is 0. The van der Waals surface area contributed by atoms with E-state index in [1.807, 2.05) is 0 Å². The van der Waals surface area contributed by atoms with Gasteiger partial charge in [-0.3, -0.25) is 0 Å². The highest BCUT2D eigenvalue weighted by Crippen LogP contribution is 2.43. The summed E-state index contributed by atoms with van der Waals surface area (Å²) in [6.07, 6.45) is 4.12. The largest absolute Gasteiger partial charge is 0.391 e. The molecule has 2 atom stereocenters. The van der Waals surface area contributed by atoms with Crippen molar-refractivity contribution in [3.8, 4) is 0 Å². The first-order chi connectivity index (χ1) is 8.01. The molecular formula is C11H21NO4S. The molecule has 17 heavy (non-hydrogen) atoms. The maximum absolute atomic E-state index is 12.2. The van der Waals surface area contributed by atoms with Crippen molar-refractivity contribution in [2.75, 3.05) is 13.7 Å². The van der Waals surface area contributed by atoms with Crippen LogP contribution in [0.5, 0.6) is 0 Å². The van der Waals surface area contributed by atoms with Gasteiger partial charge in [0.1, 0.15) is 4.75 Å². The number of methoxy groups -OCH3 is 1. The zero-order valence-electron chi connectivity index (χ0n) is 10.2. The van der Waals surface area contributed by atoms with Crippen molar-refractivity contribution in [2.45, 2.75) is 55.4 Å². The van der Waals surface area contributed by atoms with Crippen LogP contribution in [0.2, 0.25) is 0 Å². The summed E-state index contributed by atoms with van der Waals surface area (Å²) < 4.78 is 31.4. The van der Waals surface area contributed by atoms with Crippen LogP contribution >= 0.6 is 0 Å². The third-order valence-corrected chi connectivity index (χ3v) is 6.10. The van der Waals surface area contributed by atoms with Gasteiger partial charge >= 0.3 is 0 Å². The lowest BCUT2D eigenvalue weighted by molar-refractivity contribution is 0.101. The fourth-order valence-corrected chi connectivity index (χ4v) is 4.30. The van der Waals surface area contributed by atoms with Gasteiger partial charge in [-0.1, -0.05) is 12.8 Å². The quantitative estimate of drug-likeness (QED) is 0.752. The van der Waals surface area contributed by atoms with Crippen molar-refractivity contribution in [1.82, 2.24) is 4.72 Å². The fourth-order valence-electron chi connectivity index (χ4n) is 2.47. The summed E-state index contributed by atoms with van der Waals surface area (Å²) in [5.41, 5.74) is 0. The molecular weight excluding hydrogens is 242 g/mol. The Morgan fingerprint density at radius 1 is 1.35 bits per heavy atom. The van der Waals surface area contributed by atoms with Crippen molar-refractivity contribution in [3.05, 3.63) is 0 Å². The molecule has 0 saturated heterocycles. The summed E-state index contributed by atoms with van der Waals surface area (Å²) in [6, 6.07) is -0.317. The molecule has 0 spiro atoms. The van der Waals surface area contributed by atoms with Crippen molar-refractivity contribution in [1.29, 1.82) is 0 Å². The molecule has 2 saturated carbocycles. The second-order valence-corrected chi connectivity index (χ2v) is 7.30. The maximum atomic E-state index is 12.2. The van der Waals surface area contributed by atoms with Gasteiger partial charge in [-0.25, -0.2) is 13.1 Å². The molecule has 2 aliphatic carbocycles. The molecule has 0 aromatic heterocycles. The lowest BCUT2D eigenvalue weighted by Crippen LogP contribution is -2.50. The topological polar surface area (TPSA) is 75.6 Å². The van der Waals surface area contributed by atoms with Gasteiger partial charge in [-0.2, -0.15) is 0 Å². The molecule has 2 aliphatic rings. The van der Waals surface area contributed by atoms with Crippen LogP contribution in [0.15, 0.2) is 0 Å². The highest BCUT2D eigenvalue weighted by molar-refractivity contribution is 7.91. The van der Waals surface area contributed by atoms with E-state index in [1.54, 1.807) is 0 Å². The van der Waals surface area contributed by atoms with Gasteiger partial charge < -0.3 is 9.84 Å². The monoisotopic (exact) mass is 263 g/mol. The van der Waals surface area contributed by atoms with Crippen molar-refractivity contribution in [2.24, 2.45) is 0 Å². The zero-order chi connectivity index (χ0) is 12.5. The predicted molar refractivity (Wildman–Crippen MR) is 64.2 cm³/mol. The molecule has 0 unspecified atom stereocenters. The number of hydrogen-bond donors (Lipinski definition) is 2. The Labute approximate surface area is 103 Å². The van der Waals surface area contributed by atoms with Gasteiger partial charge in [0.05, 0.1) is 12.7 Å². The van der Waals surface area contributed by atoms with Gasteiger partial charge in [-0.05, 0) is 25.7 Å². The fraction of sp³-hybridized carbons (Fsp3) is 1.00. The van der Waals surface area contributed by atoms with Crippen LogP contribution in [0.1, 0.15) is 38.5 Å². The molecule has 2 N–H and O–H groups in total. The lowest BCUT2D eigenvalue weighted by atomic mass is 9.93. The Morgan fingerprint density at radius 2 is 2.00 bits per heavy atom. The van der Waals surface area contributed by atoms with Crippen molar-refractivity contribution < 1.29 is 18.3 Å². The molecule has 0 amide bonds. The molecule has 0 radical (unpaired) electrons. The third-order valence-electron chi connectivity index (χ3n) is 3.82. The second-order valence-electron chi connectivity index (χ2n) is 5.20. The summed E-state index contributed by atoms with van der Waals surface area (Å²) in [5.74, 6) is 0. The Morgan fingerprint density at radius 3 is 2.53 bits per heavy atom. The number of rotatable bonds is 5. The lowest BCUT2D eigenvalue weighted by Gasteiger charge is -2.29. The van der Waals surface area contributed by atoms with E-state index in [1.165, 1.54) is 7.11 Å². The predicted octanol–water partition coefficient (Wildman–Crippen LogP) is 0.388. The summed E-state index contributed by atoms with van der Waals surface area (Å²) in [7, 11) is -1.86. The highest BCUT2D eigenvalue weighted by Gasteiger charge is 2.55. The molecule has 6 heteroatoms. The molecule has 0 aromatic carbocycles. The molecule has 0 heterocycles. The first-order valence-corrected chi connectivity index (χ1v) is 7.68. The van der Waals surface area contributed by atoms with Gasteiger partial charge in [0.15, 0.2) is 0 Å². The first-order valence-electron chi connectivity index (χ1n) is 6.20. The summed E-state index contributed by atoms with van der Waals surface area (Å²) >= 11 is 0. The molecule has 2 fully saturated rings. The standard InChI is InChI=1S/C11H21NO4S/c1-16-8-11(6-7-11)17(14,15)12-9-4-2-3-5-10(9)13/h9-10,12-13H,2-8H2,1H3/t9-,10+/m1/s1. The Balaban J connectivity index is 2.02. The Bertz CT molecular complexity index is 364. The van der Waals surface area contributed by atoms with Gasteiger partial charge in [0, 0.05) is 13.2 Å². The van der Waals surface area contributed by atoms with Crippen LogP contribution in [0, 0.1) is 0 Å². The molecule has 0 aromatic rings. The average molecular weight is 263 g/mol. The van der Waals surface area contributed by atoms with Crippen molar-refractivity contribution in [3.63, 3.8) is 0 Å². The first kappa shape index (κ1) is 13.3. The van der Waals surface area contributed by atoms with E-state index in [4.69, 9.17) is 4.74 Å². The van der Waals surface area contributed by atoms with Gasteiger partial charge in [0.25, 0.3) is 0 Å². The smallest absolute Gasteiger partial charge is 0.219 e. The number of aliphatic hydroxyl groups excluding tert-OH is 1. The minimum Gasteiger partial charge on any atom is -0.391 e. The summed E-state index contributed by atoms with van der Waals surface area (Å²) in [6.45, 7) is 0.241. The van der Waals surface area contributed by atoms with E-state index in [-0.39, 0.29) is 12.6 Å². The number of nitrogens with one attached hydrogen (secondary N) is 1. The third kappa shape index (κ3) is 2.65. The molecule has 0 bridgehead atoms. The maximum Gasteiger partial charge on any atom is 0.219 e. The van der Waals surface area contributed by atoms with Crippen LogP contribution < -0.4 is 4.72 Å². The van der Waals surface area contributed by atoms with Crippen LogP contribution in [0.4, 0.5) is 0 Å². The normalized spacial score (nSPS) is 32.4. The molecule has 2 rings (SSSR count). The van der Waals surface area contributed by atoms with Crippen LogP contribution in [0.25, 0.3) is 0 Å². The van der Waals surface area contributed by atoms with E-state index in [0.717, 1.165) is 19.3 Å². The molecule has 5 nitrogen and oxygen atoms in total. The minimum atomic E-state index is -3.38. The van der Waals surface area contributed by atoms with Gasteiger partial charge in [0.2, 0.25) is 10.0 Å². The van der Waals surface area contributed by atoms with Crippen LogP contribution in [-0.2, 0) is 14.8 Å². The van der Waals surface area contributed by atoms with Crippen LogP contribution in [0.3, 0.4) is 0 Å². The minimum absolute atomic E-state index is 0.241. The zero-order valence-corrected chi connectivity index (χ0v) is 11.0. The molecule has 100 valence electrons. The number of ether oxygens (including phenoxy) is 1. The number of hydrogen-bond acceptors (Lipinski definition) is 4. The molecule has 0 aliphatic heterocycles.